The van der Waals surface area contributed by atoms with Gasteiger partial charge in [0.2, 0.25) is 5.91 Å². The summed E-state index contributed by atoms with van der Waals surface area (Å²) in [5, 5.41) is 3.58. The molecule has 2 atom stereocenters. The first kappa shape index (κ1) is 14.8. The number of nitrogens with two attached hydrogens (primary N) is 1. The third-order valence-corrected chi connectivity index (χ3v) is 5.01. The van der Waals surface area contributed by atoms with Crippen LogP contribution >= 0.6 is 0 Å². The van der Waals surface area contributed by atoms with Gasteiger partial charge in [-0.2, -0.15) is 0 Å². The number of carbonyl (C=O) groups excluding carboxylic acids is 1. The van der Waals surface area contributed by atoms with Gasteiger partial charge < -0.3 is 16.0 Å². The number of nitrogens with zero attached hydrogens (tertiary/aromatic N) is 1. The van der Waals surface area contributed by atoms with Crippen LogP contribution in [0.5, 0.6) is 0 Å². The molecule has 2 aliphatic carbocycles. The molecule has 0 aromatic carbocycles. The molecule has 2 unspecified atom stereocenters. The summed E-state index contributed by atoms with van der Waals surface area (Å²) in [6.07, 6.45) is 6.65. The first-order valence-electron chi connectivity index (χ1n) is 7.73. The molecular formula is C15H29N3O. The van der Waals surface area contributed by atoms with Gasteiger partial charge in [0.25, 0.3) is 0 Å². The first-order valence-corrected chi connectivity index (χ1v) is 7.73. The van der Waals surface area contributed by atoms with Crippen molar-refractivity contribution in [2.24, 2.45) is 11.7 Å². The summed E-state index contributed by atoms with van der Waals surface area (Å²) in [4.78, 5) is 14.4. The topological polar surface area (TPSA) is 58.4 Å². The molecule has 2 rings (SSSR count). The van der Waals surface area contributed by atoms with Gasteiger partial charge >= 0.3 is 0 Å². The number of primary amides is 1. The van der Waals surface area contributed by atoms with E-state index in [0.717, 1.165) is 32.2 Å². The van der Waals surface area contributed by atoms with Crippen molar-refractivity contribution in [1.29, 1.82) is 0 Å². The molecule has 19 heavy (non-hydrogen) atoms. The van der Waals surface area contributed by atoms with Crippen LogP contribution < -0.4 is 11.1 Å². The first-order chi connectivity index (χ1) is 8.95. The Kier molecular flexibility index (Phi) is 4.51. The second-order valence-corrected chi connectivity index (χ2v) is 6.71. The molecule has 0 radical (unpaired) electrons. The SMILES string of the molecule is CC(C)N(C)CCC1CCCC1(NC1CC1)C(N)=O. The molecule has 2 fully saturated rings. The predicted molar refractivity (Wildman–Crippen MR) is 77.8 cm³/mol. The fourth-order valence-electron chi connectivity index (χ4n) is 3.26. The van der Waals surface area contributed by atoms with E-state index in [-0.39, 0.29) is 5.91 Å². The lowest BCUT2D eigenvalue weighted by atomic mass is 9.83. The molecule has 4 heteroatoms. The van der Waals surface area contributed by atoms with Crippen LogP contribution in [-0.4, -0.2) is 42.0 Å². The van der Waals surface area contributed by atoms with E-state index in [0.29, 0.717) is 18.0 Å². The number of hydrogen-bond acceptors (Lipinski definition) is 3. The van der Waals surface area contributed by atoms with Crippen LogP contribution in [0.4, 0.5) is 0 Å². The van der Waals surface area contributed by atoms with Crippen molar-refractivity contribution in [3.05, 3.63) is 0 Å². The Hall–Kier alpha value is -0.610. The quantitative estimate of drug-likeness (QED) is 0.735. The second kappa shape index (κ2) is 5.80. The third kappa shape index (κ3) is 3.29. The Morgan fingerprint density at radius 2 is 2.11 bits per heavy atom. The van der Waals surface area contributed by atoms with Crippen LogP contribution in [-0.2, 0) is 4.79 Å². The molecule has 0 saturated heterocycles. The van der Waals surface area contributed by atoms with Crippen LogP contribution in [0.1, 0.15) is 52.4 Å². The Labute approximate surface area is 117 Å². The van der Waals surface area contributed by atoms with Crippen LogP contribution in [0, 0.1) is 5.92 Å². The van der Waals surface area contributed by atoms with Crippen molar-refractivity contribution in [2.75, 3.05) is 13.6 Å². The number of nitrogens with one attached hydrogen (secondary N) is 1. The highest BCUT2D eigenvalue weighted by Crippen LogP contribution is 2.40. The molecule has 4 nitrogen and oxygen atoms in total. The highest BCUT2D eigenvalue weighted by molar-refractivity contribution is 5.85. The molecule has 0 aromatic heterocycles. The number of rotatable bonds is 7. The highest BCUT2D eigenvalue weighted by atomic mass is 16.1. The standard InChI is InChI=1S/C15H29N3O/c1-11(2)18(3)10-8-12-5-4-9-15(12,14(16)19)17-13-6-7-13/h11-13,17H,4-10H2,1-3H3,(H2,16,19). The monoisotopic (exact) mass is 267 g/mol. The minimum Gasteiger partial charge on any atom is -0.368 e. The zero-order valence-corrected chi connectivity index (χ0v) is 12.6. The fourth-order valence-corrected chi connectivity index (χ4v) is 3.26. The average molecular weight is 267 g/mol. The van der Waals surface area contributed by atoms with Gasteiger partial charge in [-0.3, -0.25) is 4.79 Å². The van der Waals surface area contributed by atoms with Gasteiger partial charge in [-0.25, -0.2) is 0 Å². The summed E-state index contributed by atoms with van der Waals surface area (Å²) in [7, 11) is 2.15. The summed E-state index contributed by atoms with van der Waals surface area (Å²) in [6, 6.07) is 1.09. The van der Waals surface area contributed by atoms with E-state index >= 15 is 0 Å². The lowest BCUT2D eigenvalue weighted by Crippen LogP contribution is -2.59. The second-order valence-electron chi connectivity index (χ2n) is 6.71. The Bertz CT molecular complexity index is 327. The molecule has 0 aliphatic heterocycles. The van der Waals surface area contributed by atoms with Gasteiger partial charge in [0.15, 0.2) is 0 Å². The van der Waals surface area contributed by atoms with Gasteiger partial charge in [-0.1, -0.05) is 6.42 Å². The van der Waals surface area contributed by atoms with Crippen LogP contribution in [0.15, 0.2) is 0 Å². The van der Waals surface area contributed by atoms with Crippen molar-refractivity contribution >= 4 is 5.91 Å². The number of hydrogen-bond donors (Lipinski definition) is 2. The van der Waals surface area contributed by atoms with E-state index in [2.05, 4.69) is 31.1 Å². The molecule has 0 bridgehead atoms. The normalized spacial score (nSPS) is 31.3. The molecule has 2 aliphatic rings. The van der Waals surface area contributed by atoms with Gasteiger partial charge in [0, 0.05) is 12.1 Å². The molecule has 2 saturated carbocycles. The van der Waals surface area contributed by atoms with Crippen LogP contribution in [0.3, 0.4) is 0 Å². The Balaban J connectivity index is 1.98. The fraction of sp³-hybridized carbons (Fsp3) is 0.933. The van der Waals surface area contributed by atoms with Gasteiger partial charge in [0.1, 0.15) is 5.54 Å². The van der Waals surface area contributed by atoms with Crippen LogP contribution in [0.25, 0.3) is 0 Å². The molecule has 0 aromatic rings. The molecule has 0 heterocycles. The highest BCUT2D eigenvalue weighted by Gasteiger charge is 2.49. The van der Waals surface area contributed by atoms with Gasteiger partial charge in [-0.15, -0.1) is 0 Å². The van der Waals surface area contributed by atoms with E-state index in [9.17, 15) is 4.79 Å². The van der Waals surface area contributed by atoms with Gasteiger partial charge in [-0.05, 0) is 65.5 Å². The summed E-state index contributed by atoms with van der Waals surface area (Å²) in [6.45, 7) is 5.46. The summed E-state index contributed by atoms with van der Waals surface area (Å²) < 4.78 is 0. The number of amides is 1. The summed E-state index contributed by atoms with van der Waals surface area (Å²) in [5.74, 6) is 0.279. The van der Waals surface area contributed by atoms with E-state index in [4.69, 9.17) is 5.73 Å². The minimum absolute atomic E-state index is 0.130. The van der Waals surface area contributed by atoms with Crippen molar-refractivity contribution in [2.45, 2.75) is 70.0 Å². The summed E-state index contributed by atoms with van der Waals surface area (Å²) in [5.41, 5.74) is 5.33. The smallest absolute Gasteiger partial charge is 0.238 e. The van der Waals surface area contributed by atoms with E-state index < -0.39 is 5.54 Å². The molecule has 110 valence electrons. The molecule has 1 amide bonds. The van der Waals surface area contributed by atoms with Gasteiger partial charge in [0.05, 0.1) is 0 Å². The van der Waals surface area contributed by atoms with Crippen LogP contribution in [0.2, 0.25) is 0 Å². The van der Waals surface area contributed by atoms with Crippen molar-refractivity contribution in [3.8, 4) is 0 Å². The van der Waals surface area contributed by atoms with E-state index in [1.54, 1.807) is 0 Å². The maximum atomic E-state index is 12.0. The third-order valence-electron chi connectivity index (χ3n) is 5.01. The molecule has 3 N–H and O–H groups in total. The minimum atomic E-state index is -0.418. The summed E-state index contributed by atoms with van der Waals surface area (Å²) >= 11 is 0. The van der Waals surface area contributed by atoms with Crippen molar-refractivity contribution in [1.82, 2.24) is 10.2 Å². The van der Waals surface area contributed by atoms with E-state index in [1.807, 2.05) is 0 Å². The predicted octanol–water partition coefficient (Wildman–Crippen LogP) is 1.49. The maximum absolute atomic E-state index is 12.0. The largest absolute Gasteiger partial charge is 0.368 e. The Morgan fingerprint density at radius 1 is 1.42 bits per heavy atom. The lowest BCUT2D eigenvalue weighted by Gasteiger charge is -2.35. The molecule has 0 spiro atoms. The lowest BCUT2D eigenvalue weighted by molar-refractivity contribution is -0.126. The van der Waals surface area contributed by atoms with Crippen molar-refractivity contribution in [3.63, 3.8) is 0 Å². The maximum Gasteiger partial charge on any atom is 0.238 e. The number of carbonyl (C=O) groups is 1. The van der Waals surface area contributed by atoms with Crippen molar-refractivity contribution < 1.29 is 4.79 Å². The molecular weight excluding hydrogens is 238 g/mol. The van der Waals surface area contributed by atoms with E-state index in [1.165, 1.54) is 12.8 Å². The Morgan fingerprint density at radius 3 is 2.63 bits per heavy atom. The zero-order valence-electron chi connectivity index (χ0n) is 12.6. The zero-order chi connectivity index (χ0) is 14.0. The average Bonchev–Trinajstić information content (AvgIpc) is 3.05.